The first-order chi connectivity index (χ1) is 7.10. The van der Waals surface area contributed by atoms with Crippen LogP contribution >= 0.6 is 0 Å². The highest BCUT2D eigenvalue weighted by atomic mass is 16.4. The molecule has 2 aliphatic rings. The molecule has 0 aromatic carbocycles. The molecule has 0 amide bonds. The molecular weight excluding hydrogens is 190 g/mol. The molecule has 0 spiro atoms. The van der Waals surface area contributed by atoms with Gasteiger partial charge >= 0.3 is 5.97 Å². The lowest BCUT2D eigenvalue weighted by Gasteiger charge is -2.37. The van der Waals surface area contributed by atoms with Crippen molar-refractivity contribution in [1.82, 2.24) is 4.90 Å². The quantitative estimate of drug-likeness (QED) is 0.773. The Labute approximate surface area is 91.5 Å². The van der Waals surface area contributed by atoms with Crippen molar-refractivity contribution in [3.63, 3.8) is 0 Å². The SMILES string of the molecule is CC1(C(=O)O)CCCN(CCC2CC2)C1. The summed E-state index contributed by atoms with van der Waals surface area (Å²) < 4.78 is 0. The van der Waals surface area contributed by atoms with Crippen LogP contribution in [-0.2, 0) is 4.79 Å². The summed E-state index contributed by atoms with van der Waals surface area (Å²) in [6, 6.07) is 0. The number of likely N-dealkylation sites (tertiary alicyclic amines) is 1. The summed E-state index contributed by atoms with van der Waals surface area (Å²) in [5.41, 5.74) is -0.498. The second-order valence-electron chi connectivity index (χ2n) is 5.48. The molecule has 3 heteroatoms. The Bertz CT molecular complexity index is 250. The molecule has 3 nitrogen and oxygen atoms in total. The number of hydrogen-bond acceptors (Lipinski definition) is 2. The van der Waals surface area contributed by atoms with Gasteiger partial charge in [0.15, 0.2) is 0 Å². The van der Waals surface area contributed by atoms with Gasteiger partial charge in [0.05, 0.1) is 5.41 Å². The molecule has 1 heterocycles. The van der Waals surface area contributed by atoms with E-state index >= 15 is 0 Å². The molecule has 0 aromatic heterocycles. The van der Waals surface area contributed by atoms with Gasteiger partial charge in [-0.1, -0.05) is 12.8 Å². The van der Waals surface area contributed by atoms with Gasteiger partial charge < -0.3 is 10.0 Å². The van der Waals surface area contributed by atoms with E-state index in [1.54, 1.807) is 0 Å². The third-order valence-electron chi connectivity index (χ3n) is 3.84. The summed E-state index contributed by atoms with van der Waals surface area (Å²) in [6.07, 6.45) is 5.93. The average molecular weight is 211 g/mol. The van der Waals surface area contributed by atoms with Crippen molar-refractivity contribution >= 4 is 5.97 Å². The predicted molar refractivity (Wildman–Crippen MR) is 58.8 cm³/mol. The maximum atomic E-state index is 11.1. The van der Waals surface area contributed by atoms with Crippen LogP contribution < -0.4 is 0 Å². The molecule has 1 unspecified atom stereocenters. The van der Waals surface area contributed by atoms with E-state index in [4.69, 9.17) is 0 Å². The van der Waals surface area contributed by atoms with E-state index < -0.39 is 11.4 Å². The number of carboxylic acid groups (broad SMARTS) is 1. The minimum absolute atomic E-state index is 0.498. The molecule has 0 aromatic rings. The zero-order valence-electron chi connectivity index (χ0n) is 9.54. The molecule has 0 bridgehead atoms. The van der Waals surface area contributed by atoms with Crippen LogP contribution in [0, 0.1) is 11.3 Å². The minimum Gasteiger partial charge on any atom is -0.481 e. The van der Waals surface area contributed by atoms with Crippen LogP contribution in [0.1, 0.15) is 39.0 Å². The van der Waals surface area contributed by atoms with Crippen molar-refractivity contribution in [2.24, 2.45) is 11.3 Å². The van der Waals surface area contributed by atoms with E-state index in [1.807, 2.05) is 6.92 Å². The smallest absolute Gasteiger partial charge is 0.310 e. The van der Waals surface area contributed by atoms with Gasteiger partial charge in [-0.05, 0) is 45.2 Å². The molecule has 1 saturated carbocycles. The lowest BCUT2D eigenvalue weighted by atomic mass is 9.82. The highest BCUT2D eigenvalue weighted by Crippen LogP contribution is 2.34. The molecule has 1 aliphatic heterocycles. The Kier molecular flexibility index (Phi) is 3.01. The third-order valence-corrected chi connectivity index (χ3v) is 3.84. The van der Waals surface area contributed by atoms with Gasteiger partial charge in [0.1, 0.15) is 0 Å². The van der Waals surface area contributed by atoms with Crippen LogP contribution in [0.5, 0.6) is 0 Å². The first-order valence-corrected chi connectivity index (χ1v) is 6.06. The van der Waals surface area contributed by atoms with Gasteiger partial charge in [0.25, 0.3) is 0 Å². The van der Waals surface area contributed by atoms with E-state index in [9.17, 15) is 9.90 Å². The maximum Gasteiger partial charge on any atom is 0.310 e. The van der Waals surface area contributed by atoms with Gasteiger partial charge in [-0.2, -0.15) is 0 Å². The van der Waals surface area contributed by atoms with Crippen LogP contribution in [0.4, 0.5) is 0 Å². The number of carboxylic acids is 1. The molecule has 1 N–H and O–H groups in total. The van der Waals surface area contributed by atoms with Gasteiger partial charge in [0.2, 0.25) is 0 Å². The number of hydrogen-bond donors (Lipinski definition) is 1. The lowest BCUT2D eigenvalue weighted by molar-refractivity contribution is -0.151. The first-order valence-electron chi connectivity index (χ1n) is 6.06. The standard InChI is InChI=1S/C12H21NO2/c1-12(11(14)15)6-2-7-13(9-12)8-5-10-3-4-10/h10H,2-9H2,1H3,(H,14,15). The molecule has 2 fully saturated rings. The summed E-state index contributed by atoms with van der Waals surface area (Å²) in [7, 11) is 0. The number of piperidine rings is 1. The Morgan fingerprint density at radius 1 is 1.53 bits per heavy atom. The monoisotopic (exact) mass is 211 g/mol. The topological polar surface area (TPSA) is 40.5 Å². The molecule has 86 valence electrons. The fraction of sp³-hybridized carbons (Fsp3) is 0.917. The minimum atomic E-state index is -0.626. The van der Waals surface area contributed by atoms with E-state index in [0.717, 1.165) is 38.4 Å². The Hall–Kier alpha value is -0.570. The summed E-state index contributed by atoms with van der Waals surface area (Å²) in [6.45, 7) is 4.83. The fourth-order valence-corrected chi connectivity index (χ4v) is 2.48. The van der Waals surface area contributed by atoms with E-state index in [2.05, 4.69) is 4.90 Å². The van der Waals surface area contributed by atoms with Gasteiger partial charge in [-0.25, -0.2) is 0 Å². The first kappa shape index (κ1) is 10.9. The van der Waals surface area contributed by atoms with Crippen molar-refractivity contribution in [3.8, 4) is 0 Å². The molecule has 15 heavy (non-hydrogen) atoms. The molecule has 1 atom stereocenters. The van der Waals surface area contributed by atoms with Crippen molar-refractivity contribution < 1.29 is 9.90 Å². The number of aliphatic carboxylic acids is 1. The van der Waals surface area contributed by atoms with E-state index in [-0.39, 0.29) is 0 Å². The van der Waals surface area contributed by atoms with Crippen molar-refractivity contribution in [2.75, 3.05) is 19.6 Å². The fourth-order valence-electron chi connectivity index (χ4n) is 2.48. The second kappa shape index (κ2) is 4.12. The van der Waals surface area contributed by atoms with Crippen LogP contribution in [0.2, 0.25) is 0 Å². The Morgan fingerprint density at radius 3 is 2.87 bits per heavy atom. The molecule has 2 rings (SSSR count). The molecule has 1 aliphatic carbocycles. The second-order valence-corrected chi connectivity index (χ2v) is 5.48. The van der Waals surface area contributed by atoms with Gasteiger partial charge in [0, 0.05) is 6.54 Å². The highest BCUT2D eigenvalue weighted by molar-refractivity contribution is 5.74. The van der Waals surface area contributed by atoms with Crippen LogP contribution in [-0.4, -0.2) is 35.6 Å². The normalized spacial score (nSPS) is 32.9. The predicted octanol–water partition coefficient (Wildman–Crippen LogP) is 1.97. The number of carbonyl (C=O) groups is 1. The molecule has 1 saturated heterocycles. The van der Waals surface area contributed by atoms with E-state index in [0.29, 0.717) is 0 Å². The Balaban J connectivity index is 1.82. The molecule has 0 radical (unpaired) electrons. The maximum absolute atomic E-state index is 11.1. The van der Waals surface area contributed by atoms with Crippen LogP contribution in [0.3, 0.4) is 0 Å². The van der Waals surface area contributed by atoms with Crippen molar-refractivity contribution in [3.05, 3.63) is 0 Å². The number of nitrogens with zero attached hydrogens (tertiary/aromatic N) is 1. The highest BCUT2D eigenvalue weighted by Gasteiger charge is 2.37. The van der Waals surface area contributed by atoms with Crippen molar-refractivity contribution in [1.29, 1.82) is 0 Å². The largest absolute Gasteiger partial charge is 0.481 e. The summed E-state index contributed by atoms with van der Waals surface area (Å²) >= 11 is 0. The lowest BCUT2D eigenvalue weighted by Crippen LogP contribution is -2.46. The third kappa shape index (κ3) is 2.71. The van der Waals surface area contributed by atoms with Crippen LogP contribution in [0.15, 0.2) is 0 Å². The Morgan fingerprint density at radius 2 is 2.27 bits per heavy atom. The average Bonchev–Trinajstić information content (AvgIpc) is 2.98. The van der Waals surface area contributed by atoms with Gasteiger partial charge in [-0.15, -0.1) is 0 Å². The summed E-state index contributed by atoms with van der Waals surface area (Å²) in [5.74, 6) is 0.321. The zero-order chi connectivity index (χ0) is 10.9. The summed E-state index contributed by atoms with van der Waals surface area (Å²) in [4.78, 5) is 13.5. The number of rotatable bonds is 4. The van der Waals surface area contributed by atoms with Gasteiger partial charge in [-0.3, -0.25) is 4.79 Å². The molecular formula is C12H21NO2. The summed E-state index contributed by atoms with van der Waals surface area (Å²) in [5, 5.41) is 9.18. The van der Waals surface area contributed by atoms with E-state index in [1.165, 1.54) is 19.3 Å². The zero-order valence-corrected chi connectivity index (χ0v) is 9.54. The van der Waals surface area contributed by atoms with Crippen molar-refractivity contribution in [2.45, 2.75) is 39.0 Å². The van der Waals surface area contributed by atoms with Crippen LogP contribution in [0.25, 0.3) is 0 Å².